The van der Waals surface area contributed by atoms with Crippen LogP contribution in [0.5, 0.6) is 5.88 Å². The molecule has 3 aromatic rings. The Kier molecular flexibility index (Phi) is 4.38. The molecule has 0 aromatic carbocycles. The van der Waals surface area contributed by atoms with Gasteiger partial charge >= 0.3 is 0 Å². The molecule has 3 heterocycles. The van der Waals surface area contributed by atoms with Gasteiger partial charge in [0.2, 0.25) is 5.88 Å². The molecule has 0 spiro atoms. The number of nitrogens with zero attached hydrogens (tertiary/aromatic N) is 5. The Morgan fingerprint density at radius 1 is 1.27 bits per heavy atom. The molecule has 134 valence electrons. The molecule has 1 N–H and O–H groups in total. The number of aryl methyl sites for hydroxylation is 2. The quantitative estimate of drug-likeness (QED) is 0.733. The average Bonchev–Trinajstić information content (AvgIpc) is 3.34. The van der Waals surface area contributed by atoms with Crippen LogP contribution in [-0.2, 0) is 13.7 Å². The van der Waals surface area contributed by atoms with Crippen LogP contribution in [0.25, 0.3) is 11.1 Å². The lowest BCUT2D eigenvalue weighted by Crippen LogP contribution is -2.06. The third kappa shape index (κ3) is 3.30. The van der Waals surface area contributed by atoms with Gasteiger partial charge in [-0.25, -0.2) is 4.98 Å². The lowest BCUT2D eigenvalue weighted by molar-refractivity contribution is 0.275. The number of pyridine rings is 1. The Bertz CT molecular complexity index is 910. The predicted octanol–water partition coefficient (Wildman–Crippen LogP) is 2.26. The topological polar surface area (TPSA) is 86.0 Å². The number of hydrogen-bond donors (Lipinski definition) is 1. The Morgan fingerprint density at radius 2 is 2.15 bits per heavy atom. The Labute approximate surface area is 151 Å². The van der Waals surface area contributed by atoms with Crippen LogP contribution in [0.1, 0.15) is 29.6 Å². The van der Waals surface area contributed by atoms with E-state index in [1.54, 1.807) is 10.9 Å². The van der Waals surface area contributed by atoms with Gasteiger partial charge < -0.3 is 9.84 Å². The fraction of sp³-hybridized carbons (Fsp3) is 0.368. The standard InChI is InChI=1S/C19H21N5O2/c1-12-21-8-15(16-9-24(2)23-18(16)10-25)19(22-12)26-11-13-7-14(13)17-5-3-4-6-20-17/h3-6,8-9,13-14,25H,7,10-11H2,1-2H3/t13-,14+/m1/s1. The van der Waals surface area contributed by atoms with Gasteiger partial charge in [0, 0.05) is 48.7 Å². The van der Waals surface area contributed by atoms with Crippen LogP contribution < -0.4 is 4.74 Å². The first-order chi connectivity index (χ1) is 12.7. The van der Waals surface area contributed by atoms with E-state index in [1.807, 2.05) is 38.5 Å². The van der Waals surface area contributed by atoms with Gasteiger partial charge in [0.25, 0.3) is 0 Å². The van der Waals surface area contributed by atoms with E-state index in [4.69, 9.17) is 4.74 Å². The zero-order chi connectivity index (χ0) is 18.1. The van der Waals surface area contributed by atoms with Gasteiger partial charge in [-0.2, -0.15) is 10.1 Å². The van der Waals surface area contributed by atoms with E-state index in [-0.39, 0.29) is 6.61 Å². The normalized spacial score (nSPS) is 18.7. The number of aliphatic hydroxyl groups is 1. The van der Waals surface area contributed by atoms with Crippen molar-refractivity contribution in [1.82, 2.24) is 24.7 Å². The van der Waals surface area contributed by atoms with Crippen LogP contribution in [0.4, 0.5) is 0 Å². The monoisotopic (exact) mass is 351 g/mol. The molecule has 0 unspecified atom stereocenters. The summed E-state index contributed by atoms with van der Waals surface area (Å²) in [6.07, 6.45) is 6.48. The highest BCUT2D eigenvalue weighted by molar-refractivity contribution is 5.69. The molecule has 0 saturated heterocycles. The Morgan fingerprint density at radius 3 is 2.92 bits per heavy atom. The fourth-order valence-electron chi connectivity index (χ4n) is 3.20. The van der Waals surface area contributed by atoms with Crippen molar-refractivity contribution in [2.24, 2.45) is 13.0 Å². The molecule has 0 bridgehead atoms. The van der Waals surface area contributed by atoms with Crippen LogP contribution in [0.2, 0.25) is 0 Å². The molecule has 1 saturated carbocycles. The zero-order valence-electron chi connectivity index (χ0n) is 14.8. The van der Waals surface area contributed by atoms with Crippen molar-refractivity contribution in [3.8, 4) is 17.0 Å². The summed E-state index contributed by atoms with van der Waals surface area (Å²) >= 11 is 0. The highest BCUT2D eigenvalue weighted by atomic mass is 16.5. The van der Waals surface area contributed by atoms with Crippen molar-refractivity contribution in [2.75, 3.05) is 6.61 Å². The smallest absolute Gasteiger partial charge is 0.224 e. The summed E-state index contributed by atoms with van der Waals surface area (Å²) in [5.74, 6) is 2.08. The van der Waals surface area contributed by atoms with Crippen LogP contribution in [0.3, 0.4) is 0 Å². The maximum atomic E-state index is 9.56. The first-order valence-electron chi connectivity index (χ1n) is 8.67. The number of rotatable bonds is 6. The molecule has 0 aliphatic heterocycles. The van der Waals surface area contributed by atoms with Crippen molar-refractivity contribution < 1.29 is 9.84 Å². The van der Waals surface area contributed by atoms with Crippen molar-refractivity contribution in [1.29, 1.82) is 0 Å². The summed E-state index contributed by atoms with van der Waals surface area (Å²) in [5.41, 5.74) is 3.25. The van der Waals surface area contributed by atoms with Gasteiger partial charge in [0.15, 0.2) is 0 Å². The average molecular weight is 351 g/mol. The van der Waals surface area contributed by atoms with Crippen LogP contribution >= 0.6 is 0 Å². The predicted molar refractivity (Wildman–Crippen MR) is 95.5 cm³/mol. The van der Waals surface area contributed by atoms with Crippen molar-refractivity contribution in [3.63, 3.8) is 0 Å². The third-order valence-corrected chi connectivity index (χ3v) is 4.64. The van der Waals surface area contributed by atoms with Gasteiger partial charge in [-0.15, -0.1) is 0 Å². The molecule has 1 aliphatic carbocycles. The molecule has 2 atom stereocenters. The summed E-state index contributed by atoms with van der Waals surface area (Å²) in [6.45, 7) is 2.27. The number of aromatic nitrogens is 5. The van der Waals surface area contributed by atoms with Gasteiger partial charge in [0.05, 0.1) is 24.5 Å². The fourth-order valence-corrected chi connectivity index (χ4v) is 3.20. The Hall–Kier alpha value is -2.80. The van der Waals surface area contributed by atoms with Crippen molar-refractivity contribution in [3.05, 3.63) is 54.0 Å². The highest BCUT2D eigenvalue weighted by Gasteiger charge is 2.40. The lowest BCUT2D eigenvalue weighted by atomic mass is 10.1. The van der Waals surface area contributed by atoms with Gasteiger partial charge in [-0.05, 0) is 25.5 Å². The van der Waals surface area contributed by atoms with E-state index in [0.717, 1.165) is 23.2 Å². The second kappa shape index (κ2) is 6.84. The van der Waals surface area contributed by atoms with Crippen LogP contribution in [0, 0.1) is 12.8 Å². The summed E-state index contributed by atoms with van der Waals surface area (Å²) in [4.78, 5) is 13.2. The molecule has 1 aliphatic rings. The molecular weight excluding hydrogens is 330 g/mol. The molecule has 7 nitrogen and oxygen atoms in total. The Balaban J connectivity index is 1.53. The van der Waals surface area contributed by atoms with E-state index in [0.29, 0.717) is 35.8 Å². The molecule has 3 aromatic heterocycles. The van der Waals surface area contributed by atoms with E-state index in [1.165, 1.54) is 0 Å². The largest absolute Gasteiger partial charge is 0.477 e. The maximum Gasteiger partial charge on any atom is 0.224 e. The summed E-state index contributed by atoms with van der Waals surface area (Å²) in [5, 5.41) is 13.8. The first kappa shape index (κ1) is 16.7. The highest BCUT2D eigenvalue weighted by Crippen LogP contribution is 2.46. The van der Waals surface area contributed by atoms with Gasteiger partial charge in [-0.3, -0.25) is 9.67 Å². The molecule has 7 heteroatoms. The van der Waals surface area contributed by atoms with Crippen molar-refractivity contribution in [2.45, 2.75) is 25.9 Å². The minimum Gasteiger partial charge on any atom is -0.477 e. The summed E-state index contributed by atoms with van der Waals surface area (Å²) < 4.78 is 7.73. The van der Waals surface area contributed by atoms with Gasteiger partial charge in [-0.1, -0.05) is 6.07 Å². The van der Waals surface area contributed by atoms with E-state index < -0.39 is 0 Å². The molecule has 4 rings (SSSR count). The van der Waals surface area contributed by atoms with E-state index in [9.17, 15) is 5.11 Å². The summed E-state index contributed by atoms with van der Waals surface area (Å²) in [7, 11) is 1.82. The minimum absolute atomic E-state index is 0.145. The number of ether oxygens (including phenoxy) is 1. The summed E-state index contributed by atoms with van der Waals surface area (Å²) in [6, 6.07) is 6.01. The maximum absolute atomic E-state index is 9.56. The van der Waals surface area contributed by atoms with Crippen LogP contribution in [-0.4, -0.2) is 36.4 Å². The van der Waals surface area contributed by atoms with Crippen LogP contribution in [0.15, 0.2) is 36.8 Å². The minimum atomic E-state index is -0.145. The molecule has 0 radical (unpaired) electrons. The second-order valence-electron chi connectivity index (χ2n) is 6.63. The lowest BCUT2D eigenvalue weighted by Gasteiger charge is -2.10. The molecule has 26 heavy (non-hydrogen) atoms. The zero-order valence-corrected chi connectivity index (χ0v) is 14.8. The van der Waals surface area contributed by atoms with E-state index in [2.05, 4.69) is 26.1 Å². The first-order valence-corrected chi connectivity index (χ1v) is 8.67. The third-order valence-electron chi connectivity index (χ3n) is 4.64. The number of hydrogen-bond acceptors (Lipinski definition) is 6. The van der Waals surface area contributed by atoms with Gasteiger partial charge in [0.1, 0.15) is 5.82 Å². The molecular formula is C19H21N5O2. The van der Waals surface area contributed by atoms with Crippen molar-refractivity contribution >= 4 is 0 Å². The van der Waals surface area contributed by atoms with E-state index >= 15 is 0 Å². The SMILES string of the molecule is Cc1ncc(-c2cn(C)nc2CO)c(OC[C@H]2C[C@@H]2c2ccccn2)n1. The second-order valence-corrected chi connectivity index (χ2v) is 6.63. The number of aliphatic hydroxyl groups excluding tert-OH is 1. The molecule has 0 amide bonds. The molecule has 1 fully saturated rings.